The van der Waals surface area contributed by atoms with Gasteiger partial charge in [0.1, 0.15) is 62.5 Å². The Morgan fingerprint density at radius 3 is 1.18 bits per heavy atom. The minimum Gasteiger partial charge on any atom is -0.463 e. The molecule has 25 nitrogen and oxygen atoms in total. The predicted molar refractivity (Wildman–Crippen MR) is 344 cm³/mol. The van der Waals surface area contributed by atoms with Gasteiger partial charge in [0.25, 0.3) is 0 Å². The summed E-state index contributed by atoms with van der Waals surface area (Å²) < 4.78 is 87.5. The standard InChI is InChI=1S/C68H62Cl5NO24/c1-34(75)74-52-56(90-37(4)78)54(89-36(3)77)50(32-85-35(2)76)92-66(52)98-57-53(79)49(31-86-61(80)39-10-20-44(69)21-11-39)91-68(59(57)95-64(83)42-16-26-47(72)27-17-42)97-55-51(33-87-62(81)40-12-22-45(70)23-13-40)93-67(88-30-38-8-6-5-7-9-38)60(96-65(84)43-18-28-48(73)29-19-43)58(55)94-63(82)41-14-24-46(71)25-15-41/h5-29,49-60,66-68,79H,30-33H2,1-4H3,(H,74,75)/t49-,50-,51-,52-,53+,54-,55-,56-,57+,58+,59-,60-,66+,67-,68+/m1/s1. The lowest BCUT2D eigenvalue weighted by molar-refractivity contribution is -0.373. The molecule has 0 spiro atoms. The summed E-state index contributed by atoms with van der Waals surface area (Å²) in [5.41, 5.74) is 0.105. The normalized spacial score (nSPS) is 25.1. The third-order valence-corrected chi connectivity index (χ3v) is 16.3. The van der Waals surface area contributed by atoms with Gasteiger partial charge in [-0.1, -0.05) is 88.3 Å². The Hall–Kier alpha value is -8.28. The lowest BCUT2D eigenvalue weighted by Gasteiger charge is -2.50. The summed E-state index contributed by atoms with van der Waals surface area (Å²) in [4.78, 5) is 124. The summed E-state index contributed by atoms with van der Waals surface area (Å²) in [6, 6.07) is 34.0. The highest BCUT2D eigenvalue weighted by atomic mass is 35.5. The molecule has 3 saturated heterocycles. The maximum Gasteiger partial charge on any atom is 0.338 e. The zero-order valence-electron chi connectivity index (χ0n) is 52.1. The van der Waals surface area contributed by atoms with Crippen molar-refractivity contribution in [3.8, 4) is 0 Å². The van der Waals surface area contributed by atoms with Gasteiger partial charge >= 0.3 is 47.8 Å². The van der Waals surface area contributed by atoms with Gasteiger partial charge in [0, 0.05) is 52.8 Å². The van der Waals surface area contributed by atoms with E-state index in [9.17, 15) is 48.3 Å². The summed E-state index contributed by atoms with van der Waals surface area (Å²) in [5.74, 6) is -8.98. The third kappa shape index (κ3) is 20.0. The Morgan fingerprint density at radius 2 is 0.745 bits per heavy atom. The molecule has 0 bridgehead atoms. The number of aliphatic hydroxyl groups is 1. The summed E-state index contributed by atoms with van der Waals surface area (Å²) in [5, 5.41) is 16.7. The van der Waals surface area contributed by atoms with Gasteiger partial charge in [-0.3, -0.25) is 19.2 Å². The van der Waals surface area contributed by atoms with Gasteiger partial charge < -0.3 is 76.7 Å². The summed E-state index contributed by atoms with van der Waals surface area (Å²) in [6.07, 6.45) is -27.5. The number of halogens is 5. The molecular weight excluding hydrogens is 1390 g/mol. The Morgan fingerprint density at radius 1 is 0.378 bits per heavy atom. The maximum absolute atomic E-state index is 14.9. The average Bonchev–Trinajstić information content (AvgIpc) is 0.764. The Kier molecular flexibility index (Phi) is 26.0. The van der Waals surface area contributed by atoms with Crippen molar-refractivity contribution in [2.45, 2.75) is 126 Å². The number of ether oxygens (including phenoxy) is 14. The van der Waals surface area contributed by atoms with E-state index in [1.807, 2.05) is 0 Å². The van der Waals surface area contributed by atoms with Crippen LogP contribution in [-0.2, 0) is 92.1 Å². The lowest BCUT2D eigenvalue weighted by atomic mass is 9.94. The van der Waals surface area contributed by atoms with E-state index in [1.165, 1.54) is 121 Å². The van der Waals surface area contributed by atoms with Crippen LogP contribution in [0.1, 0.15) is 85.0 Å². The second-order valence-electron chi connectivity index (χ2n) is 22.1. The monoisotopic (exact) mass is 1450 g/mol. The number of nitrogens with one attached hydrogen (secondary N) is 1. The molecule has 1 amide bonds. The first kappa shape index (κ1) is 74.0. The van der Waals surface area contributed by atoms with E-state index in [-0.39, 0.29) is 59.5 Å². The van der Waals surface area contributed by atoms with Gasteiger partial charge in [-0.25, -0.2) is 24.0 Å². The van der Waals surface area contributed by atoms with Crippen LogP contribution in [0.4, 0.5) is 0 Å². The van der Waals surface area contributed by atoms with E-state index in [0.717, 1.165) is 27.7 Å². The first-order chi connectivity index (χ1) is 46.9. The van der Waals surface area contributed by atoms with Crippen molar-refractivity contribution in [1.82, 2.24) is 5.32 Å². The number of benzene rings is 6. The molecule has 0 aliphatic carbocycles. The van der Waals surface area contributed by atoms with Gasteiger partial charge in [0.05, 0.1) is 34.4 Å². The number of carbonyl (C=O) groups is 9. The third-order valence-electron chi connectivity index (χ3n) is 15.0. The van der Waals surface area contributed by atoms with Crippen LogP contribution in [0.5, 0.6) is 0 Å². The molecule has 3 heterocycles. The highest BCUT2D eigenvalue weighted by molar-refractivity contribution is 6.32. The fourth-order valence-electron chi connectivity index (χ4n) is 10.4. The molecular formula is C68H62Cl5NO24. The van der Waals surface area contributed by atoms with Crippen LogP contribution >= 0.6 is 58.0 Å². The molecule has 0 unspecified atom stereocenters. The van der Waals surface area contributed by atoms with Crippen LogP contribution in [0.15, 0.2) is 152 Å². The summed E-state index contributed by atoms with van der Waals surface area (Å²) in [6.45, 7) is 1.35. The first-order valence-electron chi connectivity index (χ1n) is 30.0. The second-order valence-corrected chi connectivity index (χ2v) is 24.3. The van der Waals surface area contributed by atoms with Crippen molar-refractivity contribution < 1.29 is 115 Å². The van der Waals surface area contributed by atoms with Gasteiger partial charge in [0.15, 0.2) is 49.4 Å². The van der Waals surface area contributed by atoms with Gasteiger partial charge in [0.2, 0.25) is 5.91 Å². The number of esters is 8. The SMILES string of the molecule is CC(=O)N[C@H]1[C@H](O[C@H]2[C@@H](O)[C@@H](COC(=O)c3ccc(Cl)cc3)O[C@@H](O[C@H]3[C@H](OC(=O)c4ccc(Cl)cc4)[C@@H](OC(=O)c4ccc(Cl)cc4)[C@H](OCc4ccccc4)O[C@@H]3COC(=O)c3ccc(Cl)cc3)[C@@H]2OC(=O)c2ccc(Cl)cc2)O[C@H](COC(C)=O)[C@@H](OC(C)=O)[C@@H]1OC(C)=O. The minimum atomic E-state index is -2.29. The Labute approximate surface area is 584 Å². The number of rotatable bonds is 24. The fourth-order valence-corrected chi connectivity index (χ4v) is 11.1. The number of hydrogen-bond acceptors (Lipinski definition) is 24. The lowest BCUT2D eigenvalue weighted by Crippen LogP contribution is -2.70. The van der Waals surface area contributed by atoms with Crippen molar-refractivity contribution >= 4 is 112 Å². The average molecular weight is 1450 g/mol. The summed E-state index contributed by atoms with van der Waals surface area (Å²) >= 11 is 31.2. The molecule has 518 valence electrons. The topological polar surface area (TPSA) is 315 Å². The molecule has 6 aromatic carbocycles. The van der Waals surface area contributed by atoms with Gasteiger partial charge in [-0.2, -0.15) is 0 Å². The van der Waals surface area contributed by atoms with Crippen molar-refractivity contribution in [3.63, 3.8) is 0 Å². The second kappa shape index (κ2) is 34.5. The van der Waals surface area contributed by atoms with Crippen LogP contribution in [0.2, 0.25) is 25.1 Å². The zero-order valence-corrected chi connectivity index (χ0v) is 55.9. The maximum atomic E-state index is 14.9. The van der Waals surface area contributed by atoms with Crippen LogP contribution < -0.4 is 5.32 Å². The molecule has 3 aliphatic rings. The smallest absolute Gasteiger partial charge is 0.338 e. The fraction of sp³-hybridized carbons (Fsp3) is 0.338. The van der Waals surface area contributed by atoms with Crippen molar-refractivity contribution in [2.75, 3.05) is 19.8 Å². The van der Waals surface area contributed by atoms with Crippen molar-refractivity contribution in [3.05, 3.63) is 210 Å². The van der Waals surface area contributed by atoms with E-state index in [1.54, 1.807) is 30.3 Å². The van der Waals surface area contributed by atoms with Gasteiger partial charge in [-0.05, 0) is 127 Å². The molecule has 98 heavy (non-hydrogen) atoms. The molecule has 9 rings (SSSR count). The highest BCUT2D eigenvalue weighted by Crippen LogP contribution is 2.39. The molecule has 3 fully saturated rings. The molecule has 0 saturated carbocycles. The van der Waals surface area contributed by atoms with E-state index in [2.05, 4.69) is 5.32 Å². The molecule has 15 atom stereocenters. The first-order valence-corrected chi connectivity index (χ1v) is 31.9. The van der Waals surface area contributed by atoms with E-state index >= 15 is 0 Å². The number of amides is 1. The minimum absolute atomic E-state index is 0.0116. The van der Waals surface area contributed by atoms with E-state index < -0.39 is 166 Å². The predicted octanol–water partition coefficient (Wildman–Crippen LogP) is 9.10. The van der Waals surface area contributed by atoms with Crippen LogP contribution in [0.3, 0.4) is 0 Å². The van der Waals surface area contributed by atoms with E-state index in [4.69, 9.17) is 124 Å². The Bertz CT molecular complexity index is 3780. The quantitative estimate of drug-likeness (QED) is 0.0421. The van der Waals surface area contributed by atoms with Crippen LogP contribution in [0.25, 0.3) is 0 Å². The van der Waals surface area contributed by atoms with Crippen molar-refractivity contribution in [1.29, 1.82) is 0 Å². The molecule has 0 aromatic heterocycles. The zero-order chi connectivity index (χ0) is 70.3. The highest BCUT2D eigenvalue weighted by Gasteiger charge is 2.59. The largest absolute Gasteiger partial charge is 0.463 e. The van der Waals surface area contributed by atoms with Gasteiger partial charge in [-0.15, -0.1) is 0 Å². The number of carbonyl (C=O) groups excluding carboxylic acids is 9. The van der Waals surface area contributed by atoms with E-state index in [0.29, 0.717) is 5.56 Å². The summed E-state index contributed by atoms with van der Waals surface area (Å²) in [7, 11) is 0. The molecule has 30 heteroatoms. The number of hydrogen-bond donors (Lipinski definition) is 2. The van der Waals surface area contributed by atoms with Crippen molar-refractivity contribution in [2.24, 2.45) is 0 Å². The van der Waals surface area contributed by atoms with Crippen LogP contribution in [-0.4, -0.2) is 171 Å². The number of aliphatic hydroxyl groups excluding tert-OH is 1. The molecule has 3 aliphatic heterocycles. The molecule has 2 N–H and O–H groups in total. The Balaban J connectivity index is 1.24. The van der Waals surface area contributed by atoms with Crippen LogP contribution in [0, 0.1) is 0 Å². The molecule has 0 radical (unpaired) electrons. The molecule has 6 aromatic rings.